The molecule has 0 aliphatic carbocycles. The minimum atomic E-state index is -3.91. The molecule has 1 N–H and O–H groups in total. The van der Waals surface area contributed by atoms with Crippen molar-refractivity contribution in [2.45, 2.75) is 24.3 Å². The van der Waals surface area contributed by atoms with Crippen molar-refractivity contribution in [3.05, 3.63) is 95.0 Å². The number of halogens is 1. The molecule has 6 nitrogen and oxygen atoms in total. The molecule has 0 heterocycles. The number of hydrogen-bond donors (Lipinski definition) is 1. The van der Waals surface area contributed by atoms with Crippen LogP contribution in [-0.2, 0) is 21.2 Å². The highest BCUT2D eigenvalue weighted by Gasteiger charge is 2.27. The van der Waals surface area contributed by atoms with E-state index in [2.05, 4.69) is 5.32 Å². The van der Waals surface area contributed by atoms with Crippen LogP contribution in [0.3, 0.4) is 0 Å². The third kappa shape index (κ3) is 6.57. The molecule has 0 aliphatic heterocycles. The number of carbonyl (C=O) groups is 1. The standard InChI is InChI=1S/C25H27ClN2O4S/c1-19(23-10-6-7-11-24(23)32-2)27-25(29)18-28(17-16-20-8-4-3-5-9-20)33(30,31)22-14-12-21(26)13-15-22/h3-15,19H,16-18H2,1-2H3,(H,27,29)/t19-/m1/s1. The van der Waals surface area contributed by atoms with Crippen molar-refractivity contribution in [1.82, 2.24) is 9.62 Å². The SMILES string of the molecule is COc1ccccc1[C@@H](C)NC(=O)CN(CCc1ccccc1)S(=O)(=O)c1ccc(Cl)cc1. The van der Waals surface area contributed by atoms with Crippen LogP contribution in [-0.4, -0.2) is 38.8 Å². The molecule has 0 saturated carbocycles. The fourth-order valence-corrected chi connectivity index (χ4v) is 5.01. The number of nitrogens with one attached hydrogen (secondary N) is 1. The van der Waals surface area contributed by atoms with Crippen LogP contribution in [0, 0.1) is 0 Å². The predicted molar refractivity (Wildman–Crippen MR) is 130 cm³/mol. The topological polar surface area (TPSA) is 75.7 Å². The number of ether oxygens (including phenoxy) is 1. The summed E-state index contributed by atoms with van der Waals surface area (Å²) in [7, 11) is -2.34. The quantitative estimate of drug-likeness (QED) is 0.459. The van der Waals surface area contributed by atoms with Gasteiger partial charge in [-0.2, -0.15) is 4.31 Å². The highest BCUT2D eigenvalue weighted by atomic mass is 35.5. The van der Waals surface area contributed by atoms with Gasteiger partial charge in [0.25, 0.3) is 0 Å². The molecule has 1 atom stereocenters. The fourth-order valence-electron chi connectivity index (χ4n) is 3.49. The molecular weight excluding hydrogens is 460 g/mol. The summed E-state index contributed by atoms with van der Waals surface area (Å²) in [6.07, 6.45) is 0.475. The summed E-state index contributed by atoms with van der Waals surface area (Å²) >= 11 is 5.92. The van der Waals surface area contributed by atoms with E-state index in [-0.39, 0.29) is 24.0 Å². The molecule has 0 saturated heterocycles. The van der Waals surface area contributed by atoms with Crippen LogP contribution in [0.25, 0.3) is 0 Å². The maximum absolute atomic E-state index is 13.3. The summed E-state index contributed by atoms with van der Waals surface area (Å²) in [5.74, 6) is 0.249. The van der Waals surface area contributed by atoms with Gasteiger partial charge >= 0.3 is 0 Å². The number of carbonyl (C=O) groups excluding carboxylic acids is 1. The highest BCUT2D eigenvalue weighted by Crippen LogP contribution is 2.24. The Hall–Kier alpha value is -2.87. The Bertz CT molecular complexity index is 1170. The summed E-state index contributed by atoms with van der Waals surface area (Å²) in [6, 6.07) is 22.5. The second-order valence-electron chi connectivity index (χ2n) is 7.56. The van der Waals surface area contributed by atoms with Crippen molar-refractivity contribution < 1.29 is 17.9 Å². The number of benzene rings is 3. The first-order chi connectivity index (χ1) is 15.8. The zero-order valence-corrected chi connectivity index (χ0v) is 20.1. The van der Waals surface area contributed by atoms with Gasteiger partial charge in [-0.15, -0.1) is 0 Å². The number of para-hydroxylation sites is 1. The van der Waals surface area contributed by atoms with Gasteiger partial charge in [0.15, 0.2) is 0 Å². The van der Waals surface area contributed by atoms with E-state index >= 15 is 0 Å². The average Bonchev–Trinajstić information content (AvgIpc) is 2.82. The van der Waals surface area contributed by atoms with E-state index in [0.717, 1.165) is 11.1 Å². The number of amides is 1. The molecule has 33 heavy (non-hydrogen) atoms. The maximum atomic E-state index is 13.3. The minimum absolute atomic E-state index is 0.0885. The summed E-state index contributed by atoms with van der Waals surface area (Å²) in [4.78, 5) is 13.0. The van der Waals surface area contributed by atoms with Gasteiger partial charge in [0, 0.05) is 17.1 Å². The first kappa shape index (κ1) is 24.8. The molecule has 0 unspecified atom stereocenters. The van der Waals surface area contributed by atoms with E-state index < -0.39 is 15.9 Å². The van der Waals surface area contributed by atoms with Gasteiger partial charge in [0.2, 0.25) is 15.9 Å². The molecular formula is C25H27ClN2O4S. The molecule has 1 amide bonds. The number of hydrogen-bond acceptors (Lipinski definition) is 4. The largest absolute Gasteiger partial charge is 0.496 e. The molecule has 0 fully saturated rings. The molecule has 0 bridgehead atoms. The lowest BCUT2D eigenvalue weighted by atomic mass is 10.1. The highest BCUT2D eigenvalue weighted by molar-refractivity contribution is 7.89. The van der Waals surface area contributed by atoms with Crippen LogP contribution >= 0.6 is 11.6 Å². The Morgan fingerprint density at radius 3 is 2.30 bits per heavy atom. The van der Waals surface area contributed by atoms with Crippen LogP contribution in [0.2, 0.25) is 5.02 Å². The molecule has 8 heteroatoms. The first-order valence-electron chi connectivity index (χ1n) is 10.5. The molecule has 0 aromatic heterocycles. The number of methoxy groups -OCH3 is 1. The smallest absolute Gasteiger partial charge is 0.243 e. The Morgan fingerprint density at radius 2 is 1.64 bits per heavy atom. The van der Waals surface area contributed by atoms with Crippen molar-refractivity contribution >= 4 is 27.5 Å². The van der Waals surface area contributed by atoms with E-state index in [1.165, 1.54) is 28.6 Å². The third-order valence-electron chi connectivity index (χ3n) is 5.25. The van der Waals surface area contributed by atoms with Crippen LogP contribution < -0.4 is 10.1 Å². The van der Waals surface area contributed by atoms with Gasteiger partial charge in [-0.1, -0.05) is 60.1 Å². The zero-order chi connectivity index (χ0) is 23.8. The summed E-state index contributed by atoms with van der Waals surface area (Å²) in [5, 5.41) is 3.32. The van der Waals surface area contributed by atoms with E-state index in [0.29, 0.717) is 17.2 Å². The molecule has 0 spiro atoms. The first-order valence-corrected chi connectivity index (χ1v) is 12.3. The Labute approximate surface area is 200 Å². The summed E-state index contributed by atoms with van der Waals surface area (Å²) < 4.78 is 33.3. The van der Waals surface area contributed by atoms with E-state index in [1.54, 1.807) is 7.11 Å². The molecule has 174 valence electrons. The van der Waals surface area contributed by atoms with Crippen molar-refractivity contribution in [2.24, 2.45) is 0 Å². The Balaban J connectivity index is 1.79. The number of nitrogens with zero attached hydrogens (tertiary/aromatic N) is 1. The lowest BCUT2D eigenvalue weighted by Crippen LogP contribution is -2.42. The normalized spacial score (nSPS) is 12.4. The Kier molecular flexibility index (Phi) is 8.49. The second-order valence-corrected chi connectivity index (χ2v) is 9.93. The Morgan fingerprint density at radius 1 is 1.00 bits per heavy atom. The summed E-state index contributed by atoms with van der Waals surface area (Å²) in [6.45, 7) is 1.68. The van der Waals surface area contributed by atoms with Gasteiger partial charge in [-0.25, -0.2) is 8.42 Å². The average molecular weight is 487 g/mol. The minimum Gasteiger partial charge on any atom is -0.496 e. The van der Waals surface area contributed by atoms with Gasteiger partial charge in [-0.3, -0.25) is 4.79 Å². The van der Waals surface area contributed by atoms with Gasteiger partial charge in [0.05, 0.1) is 24.6 Å². The maximum Gasteiger partial charge on any atom is 0.243 e. The molecule has 3 aromatic carbocycles. The fraction of sp³-hybridized carbons (Fsp3) is 0.240. The van der Waals surface area contributed by atoms with Crippen LogP contribution in [0.15, 0.2) is 83.8 Å². The molecule has 3 aromatic rings. The van der Waals surface area contributed by atoms with E-state index in [9.17, 15) is 13.2 Å². The molecule has 0 aliphatic rings. The number of sulfonamides is 1. The second kappa shape index (κ2) is 11.3. The number of rotatable bonds is 10. The molecule has 0 radical (unpaired) electrons. The van der Waals surface area contributed by atoms with E-state index in [4.69, 9.17) is 16.3 Å². The van der Waals surface area contributed by atoms with Crippen molar-refractivity contribution in [2.75, 3.05) is 20.2 Å². The summed E-state index contributed by atoms with van der Waals surface area (Å²) in [5.41, 5.74) is 1.79. The van der Waals surface area contributed by atoms with Crippen LogP contribution in [0.4, 0.5) is 0 Å². The van der Waals surface area contributed by atoms with Crippen molar-refractivity contribution in [3.8, 4) is 5.75 Å². The van der Waals surface area contributed by atoms with Crippen LogP contribution in [0.5, 0.6) is 5.75 Å². The third-order valence-corrected chi connectivity index (χ3v) is 7.36. The van der Waals surface area contributed by atoms with Gasteiger partial charge < -0.3 is 10.1 Å². The van der Waals surface area contributed by atoms with Crippen molar-refractivity contribution in [1.29, 1.82) is 0 Å². The molecule has 3 rings (SSSR count). The van der Waals surface area contributed by atoms with Gasteiger partial charge in [-0.05, 0) is 49.2 Å². The van der Waals surface area contributed by atoms with Crippen molar-refractivity contribution in [3.63, 3.8) is 0 Å². The van der Waals surface area contributed by atoms with Crippen LogP contribution in [0.1, 0.15) is 24.1 Å². The predicted octanol–water partition coefficient (Wildman–Crippen LogP) is 4.46. The van der Waals surface area contributed by atoms with E-state index in [1.807, 2.05) is 61.5 Å². The lowest BCUT2D eigenvalue weighted by Gasteiger charge is -2.24. The lowest BCUT2D eigenvalue weighted by molar-refractivity contribution is -0.121. The monoisotopic (exact) mass is 486 g/mol. The van der Waals surface area contributed by atoms with Gasteiger partial charge in [0.1, 0.15) is 5.75 Å². The zero-order valence-electron chi connectivity index (χ0n) is 18.6.